The van der Waals surface area contributed by atoms with Crippen LogP contribution in [-0.2, 0) is 26.5 Å². The van der Waals surface area contributed by atoms with Gasteiger partial charge in [-0.05, 0) is 48.4 Å². The summed E-state index contributed by atoms with van der Waals surface area (Å²) < 4.78 is 56.0. The molecule has 0 radical (unpaired) electrons. The molecule has 0 saturated carbocycles. The Balaban J connectivity index is 1.86. The van der Waals surface area contributed by atoms with Crippen LogP contribution < -0.4 is 14.6 Å². The van der Waals surface area contributed by atoms with Crippen molar-refractivity contribution in [1.82, 2.24) is 4.72 Å². The quantitative estimate of drug-likeness (QED) is 0.809. The third-order valence-corrected chi connectivity index (χ3v) is 6.44. The van der Waals surface area contributed by atoms with E-state index in [2.05, 4.69) is 4.72 Å². The molecule has 0 bridgehead atoms. The minimum Gasteiger partial charge on any atom is -0.493 e. The van der Waals surface area contributed by atoms with Crippen LogP contribution in [-0.4, -0.2) is 23.4 Å². The summed E-state index contributed by atoms with van der Waals surface area (Å²) in [5, 5.41) is 5.12. The lowest BCUT2D eigenvalue weighted by Crippen LogP contribution is -2.27. The van der Waals surface area contributed by atoms with E-state index in [1.165, 1.54) is 24.3 Å². The van der Waals surface area contributed by atoms with E-state index >= 15 is 0 Å². The van der Waals surface area contributed by atoms with Gasteiger partial charge in [0.15, 0.2) is 0 Å². The number of primary sulfonamides is 1. The standard InChI is InChI=1S/C16H18N2O5S2/c1-11(12-3-2-4-14(9-12)24(17,19)20)18-25(21,22)15-5-6-16-13(10-15)7-8-23-16/h2-6,9-11,18H,7-8H2,1H3,(H2,17,19,20)/t11-/m0/s1. The van der Waals surface area contributed by atoms with Crippen LogP contribution in [0.4, 0.5) is 0 Å². The molecule has 0 amide bonds. The lowest BCUT2D eigenvalue weighted by atomic mass is 10.1. The summed E-state index contributed by atoms with van der Waals surface area (Å²) in [5.41, 5.74) is 1.35. The number of sulfonamides is 2. The van der Waals surface area contributed by atoms with Crippen LogP contribution in [0.3, 0.4) is 0 Å². The molecule has 1 aliphatic rings. The first-order valence-electron chi connectivity index (χ1n) is 7.58. The molecule has 3 rings (SSSR count). The maximum Gasteiger partial charge on any atom is 0.241 e. The highest BCUT2D eigenvalue weighted by Crippen LogP contribution is 2.28. The number of hydrogen-bond acceptors (Lipinski definition) is 5. The van der Waals surface area contributed by atoms with E-state index in [0.29, 0.717) is 24.3 Å². The Bertz CT molecular complexity index is 1020. The Labute approximate surface area is 146 Å². The molecule has 0 saturated heterocycles. The monoisotopic (exact) mass is 382 g/mol. The van der Waals surface area contributed by atoms with Gasteiger partial charge in [0.2, 0.25) is 20.0 Å². The van der Waals surface area contributed by atoms with E-state index in [9.17, 15) is 16.8 Å². The fraction of sp³-hybridized carbons (Fsp3) is 0.250. The summed E-state index contributed by atoms with van der Waals surface area (Å²) >= 11 is 0. The highest BCUT2D eigenvalue weighted by Gasteiger charge is 2.22. The maximum atomic E-state index is 12.6. The average molecular weight is 382 g/mol. The second kappa shape index (κ2) is 6.41. The molecule has 3 N–H and O–H groups in total. The van der Waals surface area contributed by atoms with Crippen molar-refractivity contribution >= 4 is 20.0 Å². The summed E-state index contributed by atoms with van der Waals surface area (Å²) in [4.78, 5) is 0.0805. The zero-order chi connectivity index (χ0) is 18.2. The van der Waals surface area contributed by atoms with Gasteiger partial charge in [0.1, 0.15) is 5.75 Å². The molecular weight excluding hydrogens is 364 g/mol. The van der Waals surface area contributed by atoms with E-state index in [4.69, 9.17) is 9.88 Å². The van der Waals surface area contributed by atoms with E-state index < -0.39 is 26.1 Å². The van der Waals surface area contributed by atoms with Crippen molar-refractivity contribution in [1.29, 1.82) is 0 Å². The molecule has 2 aromatic carbocycles. The number of rotatable bonds is 5. The van der Waals surface area contributed by atoms with Crippen LogP contribution in [0, 0.1) is 0 Å². The fourth-order valence-corrected chi connectivity index (χ4v) is 4.51. The first kappa shape index (κ1) is 17.9. The molecule has 1 heterocycles. The number of nitrogens with one attached hydrogen (secondary N) is 1. The Kier molecular flexibility index (Phi) is 4.58. The van der Waals surface area contributed by atoms with E-state index in [0.717, 1.165) is 5.56 Å². The summed E-state index contributed by atoms with van der Waals surface area (Å²) in [5.74, 6) is 0.702. The minimum absolute atomic E-state index is 0.0641. The Morgan fingerprint density at radius 3 is 2.56 bits per heavy atom. The van der Waals surface area contributed by atoms with Gasteiger partial charge in [-0.3, -0.25) is 0 Å². The highest BCUT2D eigenvalue weighted by molar-refractivity contribution is 7.89. The van der Waals surface area contributed by atoms with Crippen LogP contribution in [0.1, 0.15) is 24.1 Å². The molecular formula is C16H18N2O5S2. The van der Waals surface area contributed by atoms with Gasteiger partial charge >= 0.3 is 0 Å². The lowest BCUT2D eigenvalue weighted by Gasteiger charge is -2.16. The predicted molar refractivity (Wildman–Crippen MR) is 92.2 cm³/mol. The van der Waals surface area contributed by atoms with Gasteiger partial charge in [-0.15, -0.1) is 0 Å². The summed E-state index contributed by atoms with van der Waals surface area (Å²) in [6, 6.07) is 9.97. The molecule has 1 aliphatic heterocycles. The van der Waals surface area contributed by atoms with Gasteiger partial charge < -0.3 is 4.74 Å². The molecule has 0 aromatic heterocycles. The van der Waals surface area contributed by atoms with Crippen molar-refractivity contribution < 1.29 is 21.6 Å². The normalized spacial score (nSPS) is 15.4. The molecule has 25 heavy (non-hydrogen) atoms. The average Bonchev–Trinajstić information content (AvgIpc) is 3.01. The number of fused-ring (bicyclic) bond motifs is 1. The van der Waals surface area contributed by atoms with Crippen molar-refractivity contribution in [3.8, 4) is 5.75 Å². The van der Waals surface area contributed by atoms with E-state index in [-0.39, 0.29) is 9.79 Å². The molecule has 1 atom stereocenters. The third-order valence-electron chi connectivity index (χ3n) is 3.99. The topological polar surface area (TPSA) is 116 Å². The zero-order valence-electron chi connectivity index (χ0n) is 13.5. The van der Waals surface area contributed by atoms with Crippen molar-refractivity contribution in [2.75, 3.05) is 6.61 Å². The smallest absolute Gasteiger partial charge is 0.241 e. The lowest BCUT2D eigenvalue weighted by molar-refractivity contribution is 0.356. The second-order valence-electron chi connectivity index (χ2n) is 5.83. The molecule has 9 heteroatoms. The van der Waals surface area contributed by atoms with Crippen LogP contribution in [0.25, 0.3) is 0 Å². The largest absolute Gasteiger partial charge is 0.493 e. The summed E-state index contributed by atoms with van der Waals surface area (Å²) in [6.07, 6.45) is 0.671. The van der Waals surface area contributed by atoms with Gasteiger partial charge in [-0.1, -0.05) is 12.1 Å². The molecule has 0 unspecified atom stereocenters. The molecule has 134 valence electrons. The SMILES string of the molecule is C[C@H](NS(=O)(=O)c1ccc2c(c1)CCO2)c1cccc(S(N)(=O)=O)c1. The number of nitrogens with two attached hydrogens (primary N) is 1. The van der Waals surface area contributed by atoms with Gasteiger partial charge in [-0.25, -0.2) is 26.7 Å². The second-order valence-corrected chi connectivity index (χ2v) is 9.10. The Hall–Kier alpha value is -1.94. The molecule has 0 aliphatic carbocycles. The van der Waals surface area contributed by atoms with Crippen LogP contribution in [0.5, 0.6) is 5.75 Å². The van der Waals surface area contributed by atoms with Crippen LogP contribution in [0.15, 0.2) is 52.3 Å². The van der Waals surface area contributed by atoms with Crippen LogP contribution in [0.2, 0.25) is 0 Å². The Morgan fingerprint density at radius 2 is 1.84 bits per heavy atom. The zero-order valence-corrected chi connectivity index (χ0v) is 15.1. The van der Waals surface area contributed by atoms with E-state index in [1.54, 1.807) is 25.1 Å². The number of benzene rings is 2. The van der Waals surface area contributed by atoms with Gasteiger partial charge in [0, 0.05) is 12.5 Å². The summed E-state index contributed by atoms with van der Waals surface area (Å²) in [7, 11) is -7.62. The van der Waals surface area contributed by atoms with Crippen LogP contribution >= 0.6 is 0 Å². The minimum atomic E-state index is -3.85. The molecule has 7 nitrogen and oxygen atoms in total. The van der Waals surface area contributed by atoms with Crippen molar-refractivity contribution in [3.63, 3.8) is 0 Å². The third kappa shape index (κ3) is 3.84. The molecule has 2 aromatic rings. The highest BCUT2D eigenvalue weighted by atomic mass is 32.2. The predicted octanol–water partition coefficient (Wildman–Crippen LogP) is 1.31. The number of hydrogen-bond donors (Lipinski definition) is 2. The number of ether oxygens (including phenoxy) is 1. The first-order chi connectivity index (χ1) is 11.7. The van der Waals surface area contributed by atoms with Crippen molar-refractivity contribution in [2.24, 2.45) is 5.14 Å². The van der Waals surface area contributed by atoms with Gasteiger partial charge in [0.05, 0.1) is 16.4 Å². The molecule has 0 spiro atoms. The Morgan fingerprint density at radius 1 is 1.08 bits per heavy atom. The van der Waals surface area contributed by atoms with Gasteiger partial charge in [0.25, 0.3) is 0 Å². The fourth-order valence-electron chi connectivity index (χ4n) is 2.66. The van der Waals surface area contributed by atoms with E-state index in [1.807, 2.05) is 0 Å². The molecule has 0 fully saturated rings. The van der Waals surface area contributed by atoms with Gasteiger partial charge in [-0.2, -0.15) is 0 Å². The summed E-state index contributed by atoms with van der Waals surface area (Å²) in [6.45, 7) is 2.18. The first-order valence-corrected chi connectivity index (χ1v) is 10.6. The van der Waals surface area contributed by atoms with Crippen molar-refractivity contribution in [3.05, 3.63) is 53.6 Å². The maximum absolute atomic E-state index is 12.6. The van der Waals surface area contributed by atoms with Crippen molar-refractivity contribution in [2.45, 2.75) is 29.2 Å².